The maximum Gasteiger partial charge on any atom is 0.242 e. The third-order valence-corrected chi connectivity index (χ3v) is 6.41. The van der Waals surface area contributed by atoms with E-state index in [1.807, 2.05) is 48.5 Å². The van der Waals surface area contributed by atoms with Crippen LogP contribution in [0.5, 0.6) is 5.75 Å². The number of benzene rings is 2. The number of unbranched alkanes of at least 4 members (excludes halogenated alkanes) is 1. The lowest BCUT2D eigenvalue weighted by molar-refractivity contribution is -0.138. The first-order valence-electron chi connectivity index (χ1n) is 10.5. The van der Waals surface area contributed by atoms with Gasteiger partial charge in [-0.3, -0.25) is 9.59 Å². The summed E-state index contributed by atoms with van der Waals surface area (Å²) in [6.45, 7) is 4.85. The molecule has 1 N–H and O–H groups in total. The monoisotopic (exact) mass is 506 g/mol. The summed E-state index contributed by atoms with van der Waals surface area (Å²) in [4.78, 5) is 27.4. The Kier molecular flexibility index (Phi) is 10.9. The highest BCUT2D eigenvalue weighted by Gasteiger charge is 2.26. The zero-order valence-electron chi connectivity index (χ0n) is 18.4. The fraction of sp³-hybridized carbons (Fsp3) is 0.417. The van der Waals surface area contributed by atoms with Crippen LogP contribution in [0.2, 0.25) is 0 Å². The molecule has 1 atom stereocenters. The van der Waals surface area contributed by atoms with Crippen LogP contribution in [-0.2, 0) is 21.9 Å². The molecular formula is C24H31BrN2O3S. The minimum atomic E-state index is -0.552. The standard InChI is InChI=1S/C24H31BrN2O3S/c1-4-5-13-26-24(29)18(2)27(15-20-7-6-8-22(14-20)30-3)23(28)17-31-16-19-9-11-21(25)12-10-19/h6-12,14,18H,4-5,13,15-17H2,1-3H3,(H,26,29). The third kappa shape index (κ3) is 8.57. The second-order valence-corrected chi connectivity index (χ2v) is 9.21. The van der Waals surface area contributed by atoms with E-state index in [0.717, 1.165) is 39.9 Å². The molecule has 0 saturated heterocycles. The first-order valence-corrected chi connectivity index (χ1v) is 12.4. The number of carbonyl (C=O) groups excluding carboxylic acids is 2. The molecule has 0 aromatic heterocycles. The van der Waals surface area contributed by atoms with Gasteiger partial charge in [-0.05, 0) is 48.7 Å². The lowest BCUT2D eigenvalue weighted by atomic mass is 10.1. The van der Waals surface area contributed by atoms with Crippen molar-refractivity contribution < 1.29 is 14.3 Å². The van der Waals surface area contributed by atoms with E-state index in [1.165, 1.54) is 0 Å². The van der Waals surface area contributed by atoms with Gasteiger partial charge >= 0.3 is 0 Å². The highest BCUT2D eigenvalue weighted by Crippen LogP contribution is 2.19. The molecule has 0 spiro atoms. The van der Waals surface area contributed by atoms with Crippen LogP contribution in [0, 0.1) is 0 Å². The number of rotatable bonds is 12. The van der Waals surface area contributed by atoms with Crippen molar-refractivity contribution >= 4 is 39.5 Å². The van der Waals surface area contributed by atoms with Crippen LogP contribution in [0.25, 0.3) is 0 Å². The van der Waals surface area contributed by atoms with Crippen molar-refractivity contribution in [1.29, 1.82) is 0 Å². The van der Waals surface area contributed by atoms with E-state index < -0.39 is 6.04 Å². The lowest BCUT2D eigenvalue weighted by Gasteiger charge is -2.29. The molecule has 7 heteroatoms. The summed E-state index contributed by atoms with van der Waals surface area (Å²) in [5.41, 5.74) is 2.09. The second-order valence-electron chi connectivity index (χ2n) is 7.31. The number of amides is 2. The Bertz CT molecular complexity index is 845. The minimum absolute atomic E-state index is 0.0527. The number of ether oxygens (including phenoxy) is 1. The topological polar surface area (TPSA) is 58.6 Å². The minimum Gasteiger partial charge on any atom is -0.497 e. The van der Waals surface area contributed by atoms with Crippen molar-refractivity contribution in [2.24, 2.45) is 0 Å². The van der Waals surface area contributed by atoms with E-state index in [9.17, 15) is 9.59 Å². The van der Waals surface area contributed by atoms with Gasteiger partial charge in [0.15, 0.2) is 0 Å². The smallest absolute Gasteiger partial charge is 0.242 e. The first kappa shape index (κ1) is 25.3. The molecule has 31 heavy (non-hydrogen) atoms. The molecule has 2 rings (SSSR count). The molecule has 0 aliphatic heterocycles. The van der Waals surface area contributed by atoms with E-state index in [2.05, 4.69) is 28.2 Å². The molecule has 0 heterocycles. The Morgan fingerprint density at radius 2 is 1.90 bits per heavy atom. The Labute approximate surface area is 198 Å². The average molecular weight is 507 g/mol. The molecule has 2 aromatic rings. The maximum atomic E-state index is 13.1. The van der Waals surface area contributed by atoms with Crippen LogP contribution in [0.15, 0.2) is 53.0 Å². The SMILES string of the molecule is CCCCNC(=O)C(C)N(Cc1cccc(OC)c1)C(=O)CSCc1ccc(Br)cc1. The lowest BCUT2D eigenvalue weighted by Crippen LogP contribution is -2.48. The van der Waals surface area contributed by atoms with Crippen LogP contribution >= 0.6 is 27.7 Å². The Morgan fingerprint density at radius 3 is 2.58 bits per heavy atom. The number of methoxy groups -OCH3 is 1. The Hall–Kier alpha value is -1.99. The van der Waals surface area contributed by atoms with Crippen molar-refractivity contribution in [3.8, 4) is 5.75 Å². The maximum absolute atomic E-state index is 13.1. The van der Waals surface area contributed by atoms with Crippen LogP contribution in [-0.4, -0.2) is 42.2 Å². The van der Waals surface area contributed by atoms with Gasteiger partial charge in [-0.25, -0.2) is 0 Å². The Balaban J connectivity index is 2.06. The molecule has 2 aromatic carbocycles. The second kappa shape index (κ2) is 13.4. The first-order chi connectivity index (χ1) is 14.9. The number of nitrogens with zero attached hydrogens (tertiary/aromatic N) is 1. The molecule has 5 nitrogen and oxygen atoms in total. The molecule has 0 bridgehead atoms. The van der Waals surface area contributed by atoms with Crippen molar-refractivity contribution in [2.45, 2.75) is 45.0 Å². The molecule has 0 aliphatic rings. The van der Waals surface area contributed by atoms with Crippen molar-refractivity contribution in [1.82, 2.24) is 10.2 Å². The van der Waals surface area contributed by atoms with E-state index in [1.54, 1.807) is 30.7 Å². The van der Waals surface area contributed by atoms with Gasteiger partial charge < -0.3 is 15.0 Å². The zero-order valence-corrected chi connectivity index (χ0v) is 20.8. The summed E-state index contributed by atoms with van der Waals surface area (Å²) in [5.74, 6) is 1.61. The predicted octanol–water partition coefficient (Wildman–Crippen LogP) is 5.02. The number of hydrogen-bond acceptors (Lipinski definition) is 4. The predicted molar refractivity (Wildman–Crippen MR) is 131 cm³/mol. The molecule has 0 saturated carbocycles. The summed E-state index contributed by atoms with van der Waals surface area (Å²) >= 11 is 4.99. The Morgan fingerprint density at radius 1 is 1.16 bits per heavy atom. The molecular weight excluding hydrogens is 476 g/mol. The summed E-state index contributed by atoms with van der Waals surface area (Å²) in [6.07, 6.45) is 1.93. The van der Waals surface area contributed by atoms with E-state index in [-0.39, 0.29) is 11.8 Å². The van der Waals surface area contributed by atoms with Gasteiger partial charge in [-0.15, -0.1) is 11.8 Å². The van der Waals surface area contributed by atoms with Gasteiger partial charge in [-0.1, -0.05) is 53.5 Å². The molecule has 2 amide bonds. The van der Waals surface area contributed by atoms with Gasteiger partial charge in [0.25, 0.3) is 0 Å². The van der Waals surface area contributed by atoms with Crippen LogP contribution in [0.3, 0.4) is 0 Å². The summed E-state index contributed by atoms with van der Waals surface area (Å²) in [5, 5.41) is 2.95. The number of thioether (sulfide) groups is 1. The van der Waals surface area contributed by atoms with Gasteiger partial charge in [0.05, 0.1) is 12.9 Å². The fourth-order valence-electron chi connectivity index (χ4n) is 3.01. The molecule has 1 unspecified atom stereocenters. The molecule has 168 valence electrons. The third-order valence-electron chi connectivity index (χ3n) is 4.89. The zero-order chi connectivity index (χ0) is 22.6. The number of nitrogens with one attached hydrogen (secondary N) is 1. The van der Waals surface area contributed by atoms with E-state index in [4.69, 9.17) is 4.74 Å². The number of halogens is 1. The summed E-state index contributed by atoms with van der Waals surface area (Å²) < 4.78 is 6.33. The van der Waals surface area contributed by atoms with Crippen molar-refractivity contribution in [3.63, 3.8) is 0 Å². The summed E-state index contributed by atoms with van der Waals surface area (Å²) in [7, 11) is 1.62. The molecule has 0 aliphatic carbocycles. The highest BCUT2D eigenvalue weighted by atomic mass is 79.9. The molecule has 0 radical (unpaired) electrons. The van der Waals surface area contributed by atoms with Crippen LogP contribution < -0.4 is 10.1 Å². The van der Waals surface area contributed by atoms with Gasteiger partial charge in [0, 0.05) is 23.3 Å². The quantitative estimate of drug-likeness (QED) is 0.410. The van der Waals surface area contributed by atoms with Crippen molar-refractivity contribution in [3.05, 3.63) is 64.1 Å². The fourth-order valence-corrected chi connectivity index (χ4v) is 4.14. The van der Waals surface area contributed by atoms with Gasteiger partial charge in [0.2, 0.25) is 11.8 Å². The van der Waals surface area contributed by atoms with Crippen LogP contribution in [0.1, 0.15) is 37.8 Å². The highest BCUT2D eigenvalue weighted by molar-refractivity contribution is 9.10. The summed E-state index contributed by atoms with van der Waals surface area (Å²) in [6, 6.07) is 15.1. The van der Waals surface area contributed by atoms with E-state index >= 15 is 0 Å². The van der Waals surface area contributed by atoms with E-state index in [0.29, 0.717) is 18.8 Å². The number of hydrogen-bond donors (Lipinski definition) is 1. The van der Waals surface area contributed by atoms with Crippen LogP contribution in [0.4, 0.5) is 0 Å². The van der Waals surface area contributed by atoms with Gasteiger partial charge in [-0.2, -0.15) is 0 Å². The van der Waals surface area contributed by atoms with Gasteiger partial charge in [0.1, 0.15) is 11.8 Å². The average Bonchev–Trinajstić information content (AvgIpc) is 2.78. The largest absolute Gasteiger partial charge is 0.497 e. The van der Waals surface area contributed by atoms with Crippen molar-refractivity contribution in [2.75, 3.05) is 19.4 Å². The normalized spacial score (nSPS) is 11.6. The number of carbonyl (C=O) groups is 2. The molecule has 0 fully saturated rings.